The van der Waals surface area contributed by atoms with Gasteiger partial charge in [0.15, 0.2) is 6.79 Å². The third-order valence-electron chi connectivity index (χ3n) is 6.02. The van der Waals surface area contributed by atoms with Crippen molar-refractivity contribution in [3.05, 3.63) is 82.7 Å². The Morgan fingerprint density at radius 3 is 2.39 bits per heavy atom. The van der Waals surface area contributed by atoms with Crippen molar-refractivity contribution >= 4 is 11.8 Å². The van der Waals surface area contributed by atoms with E-state index in [4.69, 9.17) is 14.2 Å². The summed E-state index contributed by atoms with van der Waals surface area (Å²) in [6.07, 6.45) is 1.72. The van der Waals surface area contributed by atoms with Crippen molar-refractivity contribution in [2.45, 2.75) is 32.4 Å². The number of nitrogens with one attached hydrogen (secondary N) is 2. The maximum atomic E-state index is 15.9. The maximum Gasteiger partial charge on any atom is 0.255 e. The SMILES string of the molecule is COCOc1ccccc1-c1cc(C(=O)NC2CC2)c(C(=O)NCc2ccc(OC)cc2)c(F)c1C. The first-order chi connectivity index (χ1) is 17.4. The fourth-order valence-corrected chi connectivity index (χ4v) is 3.87. The molecule has 0 saturated heterocycles. The highest BCUT2D eigenvalue weighted by Crippen LogP contribution is 2.36. The molecule has 1 aliphatic rings. The van der Waals surface area contributed by atoms with Gasteiger partial charge in [-0.15, -0.1) is 0 Å². The van der Waals surface area contributed by atoms with E-state index in [0.29, 0.717) is 22.6 Å². The highest BCUT2D eigenvalue weighted by molar-refractivity contribution is 6.09. The number of ether oxygens (including phenoxy) is 3. The van der Waals surface area contributed by atoms with Crippen molar-refractivity contribution in [3.8, 4) is 22.6 Å². The zero-order chi connectivity index (χ0) is 25.7. The molecule has 2 amide bonds. The van der Waals surface area contributed by atoms with Gasteiger partial charge in [-0.1, -0.05) is 30.3 Å². The lowest BCUT2D eigenvalue weighted by Gasteiger charge is -2.18. The number of para-hydroxylation sites is 1. The van der Waals surface area contributed by atoms with Gasteiger partial charge in [0, 0.05) is 25.3 Å². The van der Waals surface area contributed by atoms with Crippen LogP contribution in [0.25, 0.3) is 11.1 Å². The Bertz CT molecular complexity index is 1260. The molecule has 2 N–H and O–H groups in total. The molecule has 188 valence electrons. The Kier molecular flexibility index (Phi) is 7.85. The monoisotopic (exact) mass is 492 g/mol. The number of benzene rings is 3. The molecule has 0 heterocycles. The number of carbonyl (C=O) groups is 2. The number of methoxy groups -OCH3 is 2. The van der Waals surface area contributed by atoms with E-state index in [-0.39, 0.29) is 36.1 Å². The fraction of sp³-hybridized carbons (Fsp3) is 0.286. The van der Waals surface area contributed by atoms with Crippen LogP contribution in [-0.4, -0.2) is 38.9 Å². The van der Waals surface area contributed by atoms with Crippen molar-refractivity contribution in [2.75, 3.05) is 21.0 Å². The molecule has 8 heteroatoms. The van der Waals surface area contributed by atoms with E-state index >= 15 is 4.39 Å². The highest BCUT2D eigenvalue weighted by atomic mass is 19.1. The molecule has 0 bridgehead atoms. The molecule has 7 nitrogen and oxygen atoms in total. The summed E-state index contributed by atoms with van der Waals surface area (Å²) in [5.74, 6) is -0.726. The molecule has 1 saturated carbocycles. The third-order valence-corrected chi connectivity index (χ3v) is 6.02. The lowest BCUT2D eigenvalue weighted by Crippen LogP contribution is -2.31. The summed E-state index contributed by atoms with van der Waals surface area (Å²) in [6.45, 7) is 1.76. The Balaban J connectivity index is 1.71. The Morgan fingerprint density at radius 2 is 1.72 bits per heavy atom. The van der Waals surface area contributed by atoms with Gasteiger partial charge < -0.3 is 24.8 Å². The van der Waals surface area contributed by atoms with Gasteiger partial charge in [0.2, 0.25) is 0 Å². The first kappa shape index (κ1) is 25.2. The molecular weight excluding hydrogens is 463 g/mol. The van der Waals surface area contributed by atoms with Gasteiger partial charge in [-0.05, 0) is 60.7 Å². The van der Waals surface area contributed by atoms with Crippen molar-refractivity contribution in [3.63, 3.8) is 0 Å². The topological polar surface area (TPSA) is 85.9 Å². The predicted octanol–water partition coefficient (Wildman–Crippen LogP) is 4.61. The van der Waals surface area contributed by atoms with Crippen molar-refractivity contribution in [2.24, 2.45) is 0 Å². The van der Waals surface area contributed by atoms with Gasteiger partial charge >= 0.3 is 0 Å². The fourth-order valence-electron chi connectivity index (χ4n) is 3.87. The average molecular weight is 493 g/mol. The molecular formula is C28H29FN2O5. The van der Waals surface area contributed by atoms with Crippen LogP contribution in [0.4, 0.5) is 4.39 Å². The number of hydrogen-bond acceptors (Lipinski definition) is 5. The van der Waals surface area contributed by atoms with Crippen LogP contribution < -0.4 is 20.1 Å². The van der Waals surface area contributed by atoms with Crippen LogP contribution in [0.15, 0.2) is 54.6 Å². The summed E-state index contributed by atoms with van der Waals surface area (Å²) in [7, 11) is 3.08. The van der Waals surface area contributed by atoms with Gasteiger partial charge in [0.05, 0.1) is 18.2 Å². The standard InChI is InChI=1S/C28H29FN2O5/c1-17-22(21-6-4-5-7-24(21)36-16-34-2)14-23(27(32)31-19-10-11-19)25(26(17)29)28(33)30-15-18-8-12-20(35-3)13-9-18/h4-9,12-14,19H,10-11,15-16H2,1-3H3,(H,30,33)(H,31,32). The minimum atomic E-state index is -0.748. The van der Waals surface area contributed by atoms with E-state index < -0.39 is 17.6 Å². The van der Waals surface area contributed by atoms with E-state index in [2.05, 4.69) is 10.6 Å². The van der Waals surface area contributed by atoms with Crippen molar-refractivity contribution in [1.82, 2.24) is 10.6 Å². The third kappa shape index (κ3) is 5.66. The van der Waals surface area contributed by atoms with Crippen molar-refractivity contribution in [1.29, 1.82) is 0 Å². The summed E-state index contributed by atoms with van der Waals surface area (Å²) in [6, 6.07) is 15.9. The minimum Gasteiger partial charge on any atom is -0.497 e. The molecule has 3 aromatic carbocycles. The quantitative estimate of drug-likeness (QED) is 0.404. The van der Waals surface area contributed by atoms with E-state index in [1.165, 1.54) is 7.11 Å². The largest absolute Gasteiger partial charge is 0.497 e. The molecule has 0 aliphatic heterocycles. The van der Waals surface area contributed by atoms with Gasteiger partial charge in [-0.2, -0.15) is 0 Å². The summed E-state index contributed by atoms with van der Waals surface area (Å²) in [5.41, 5.74) is 1.81. The Morgan fingerprint density at radius 1 is 1.00 bits per heavy atom. The average Bonchev–Trinajstić information content (AvgIpc) is 3.72. The Hall–Kier alpha value is -3.91. The van der Waals surface area contributed by atoms with Crippen LogP contribution in [0.1, 0.15) is 44.7 Å². The van der Waals surface area contributed by atoms with Gasteiger partial charge in [0.1, 0.15) is 17.3 Å². The minimum absolute atomic E-state index is 0.0133. The van der Waals surface area contributed by atoms with Crippen LogP contribution in [0.5, 0.6) is 11.5 Å². The lowest BCUT2D eigenvalue weighted by atomic mass is 9.92. The summed E-state index contributed by atoms with van der Waals surface area (Å²) in [5, 5.41) is 5.62. The van der Waals surface area contributed by atoms with Gasteiger partial charge in [-0.3, -0.25) is 9.59 Å². The second-order valence-electron chi connectivity index (χ2n) is 8.61. The van der Waals surface area contributed by atoms with Crippen molar-refractivity contribution < 1.29 is 28.2 Å². The van der Waals surface area contributed by atoms with E-state index in [1.807, 2.05) is 12.1 Å². The number of rotatable bonds is 10. The molecule has 0 spiro atoms. The zero-order valence-corrected chi connectivity index (χ0v) is 20.5. The smallest absolute Gasteiger partial charge is 0.255 e. The number of amides is 2. The maximum absolute atomic E-state index is 15.9. The molecule has 0 radical (unpaired) electrons. The normalized spacial score (nSPS) is 12.7. The van der Waals surface area contributed by atoms with E-state index in [0.717, 1.165) is 18.4 Å². The summed E-state index contributed by atoms with van der Waals surface area (Å²) >= 11 is 0. The predicted molar refractivity (Wildman–Crippen MR) is 134 cm³/mol. The van der Waals surface area contributed by atoms with E-state index in [1.54, 1.807) is 56.5 Å². The first-order valence-electron chi connectivity index (χ1n) is 11.7. The molecule has 3 aromatic rings. The summed E-state index contributed by atoms with van der Waals surface area (Å²) in [4.78, 5) is 26.3. The summed E-state index contributed by atoms with van der Waals surface area (Å²) < 4.78 is 31.7. The number of carbonyl (C=O) groups excluding carboxylic acids is 2. The molecule has 4 rings (SSSR count). The molecule has 36 heavy (non-hydrogen) atoms. The molecule has 0 aromatic heterocycles. The number of hydrogen-bond donors (Lipinski definition) is 2. The lowest BCUT2D eigenvalue weighted by molar-refractivity contribution is 0.0515. The second-order valence-corrected chi connectivity index (χ2v) is 8.61. The highest BCUT2D eigenvalue weighted by Gasteiger charge is 2.30. The van der Waals surface area contributed by atoms with Crippen LogP contribution in [0, 0.1) is 12.7 Å². The molecule has 0 atom stereocenters. The van der Waals surface area contributed by atoms with E-state index in [9.17, 15) is 9.59 Å². The Labute approximate surface area is 209 Å². The van der Waals surface area contributed by atoms with Crippen LogP contribution in [0.3, 0.4) is 0 Å². The van der Waals surface area contributed by atoms with Crippen LogP contribution >= 0.6 is 0 Å². The molecule has 1 fully saturated rings. The molecule has 0 unspecified atom stereocenters. The van der Waals surface area contributed by atoms with Crippen LogP contribution in [0.2, 0.25) is 0 Å². The van der Waals surface area contributed by atoms with Gasteiger partial charge in [-0.25, -0.2) is 4.39 Å². The number of halogens is 1. The van der Waals surface area contributed by atoms with Gasteiger partial charge in [0.25, 0.3) is 11.8 Å². The second kappa shape index (κ2) is 11.2. The first-order valence-corrected chi connectivity index (χ1v) is 11.7. The molecule has 1 aliphatic carbocycles. The van der Waals surface area contributed by atoms with Crippen LogP contribution in [-0.2, 0) is 11.3 Å². The zero-order valence-electron chi connectivity index (χ0n) is 20.5.